The van der Waals surface area contributed by atoms with Crippen molar-refractivity contribution in [1.29, 1.82) is 0 Å². The molecule has 1 N–H and O–H groups in total. The van der Waals surface area contributed by atoms with E-state index in [9.17, 15) is 5.11 Å². The van der Waals surface area contributed by atoms with Crippen molar-refractivity contribution in [2.75, 3.05) is 5.75 Å². The number of rotatable bonds is 3. The molecular weight excluding hydrogens is 252 g/mol. The fourth-order valence-corrected chi connectivity index (χ4v) is 4.97. The fourth-order valence-electron chi connectivity index (χ4n) is 1.96. The largest absolute Gasteiger partial charge is 0.392 e. The van der Waals surface area contributed by atoms with Gasteiger partial charge in [-0.2, -0.15) is 28.6 Å². The van der Waals surface area contributed by atoms with E-state index in [2.05, 4.69) is 18.9 Å². The van der Waals surface area contributed by atoms with Crippen molar-refractivity contribution in [2.24, 2.45) is 7.05 Å². The Kier molecular flexibility index (Phi) is 4.44. The Morgan fingerprint density at radius 1 is 1.53 bits per heavy atom. The molecule has 0 spiro atoms. The Morgan fingerprint density at radius 3 is 2.88 bits per heavy atom. The van der Waals surface area contributed by atoms with E-state index in [1.165, 1.54) is 0 Å². The number of aliphatic hydroxyl groups excluding tert-OH is 1. The molecule has 1 aliphatic heterocycles. The highest BCUT2D eigenvalue weighted by Gasteiger charge is 2.30. The van der Waals surface area contributed by atoms with Gasteiger partial charge < -0.3 is 5.11 Å². The minimum absolute atomic E-state index is 0.258. The highest BCUT2D eigenvalue weighted by atomic mass is 32.2. The van der Waals surface area contributed by atoms with E-state index in [1.807, 2.05) is 43.0 Å². The van der Waals surface area contributed by atoms with Gasteiger partial charge in [0.25, 0.3) is 0 Å². The van der Waals surface area contributed by atoms with Gasteiger partial charge >= 0.3 is 0 Å². The first-order valence-electron chi connectivity index (χ1n) is 5.99. The zero-order valence-electron chi connectivity index (χ0n) is 10.5. The number of nitrogens with zero attached hydrogens (tertiary/aromatic N) is 2. The maximum absolute atomic E-state index is 10.3. The Bertz CT molecular complexity index is 369. The molecule has 0 amide bonds. The Labute approximate surface area is 111 Å². The number of thioether (sulfide) groups is 2. The Balaban J connectivity index is 1.90. The molecule has 4 atom stereocenters. The second-order valence-corrected chi connectivity index (χ2v) is 7.74. The average molecular weight is 272 g/mol. The molecule has 0 saturated carbocycles. The summed E-state index contributed by atoms with van der Waals surface area (Å²) in [5.41, 5.74) is 1.12. The monoisotopic (exact) mass is 272 g/mol. The number of hydrogen-bond acceptors (Lipinski definition) is 4. The SMILES string of the molecule is CC1SCC(C(O)Cc2cnn(C)c2)SC1C. The topological polar surface area (TPSA) is 38.1 Å². The third-order valence-corrected chi connectivity index (χ3v) is 6.74. The molecule has 5 heteroatoms. The number of aliphatic hydroxyl groups is 1. The lowest BCUT2D eigenvalue weighted by Gasteiger charge is -2.33. The van der Waals surface area contributed by atoms with Gasteiger partial charge in [-0.15, -0.1) is 0 Å². The van der Waals surface area contributed by atoms with Crippen LogP contribution in [0.2, 0.25) is 0 Å². The van der Waals surface area contributed by atoms with E-state index in [0.29, 0.717) is 22.2 Å². The average Bonchev–Trinajstić information content (AvgIpc) is 2.68. The fraction of sp³-hybridized carbons (Fsp3) is 0.750. The summed E-state index contributed by atoms with van der Waals surface area (Å²) in [6, 6.07) is 0. The molecule has 1 aliphatic rings. The van der Waals surface area contributed by atoms with Gasteiger partial charge in [0.1, 0.15) is 0 Å². The lowest BCUT2D eigenvalue weighted by Crippen LogP contribution is -2.35. The van der Waals surface area contributed by atoms with Crippen molar-refractivity contribution in [3.63, 3.8) is 0 Å². The van der Waals surface area contributed by atoms with Gasteiger partial charge in [-0.05, 0) is 5.56 Å². The summed E-state index contributed by atoms with van der Waals surface area (Å²) in [6.07, 6.45) is 4.28. The van der Waals surface area contributed by atoms with Crippen LogP contribution in [0, 0.1) is 0 Å². The summed E-state index contributed by atoms with van der Waals surface area (Å²) in [5, 5.41) is 16.1. The van der Waals surface area contributed by atoms with Crippen molar-refractivity contribution < 1.29 is 5.11 Å². The third kappa shape index (κ3) is 3.42. The van der Waals surface area contributed by atoms with E-state index >= 15 is 0 Å². The smallest absolute Gasteiger partial charge is 0.0708 e. The van der Waals surface area contributed by atoms with Gasteiger partial charge in [0.2, 0.25) is 0 Å². The summed E-state index contributed by atoms with van der Waals surface area (Å²) in [7, 11) is 1.91. The van der Waals surface area contributed by atoms with Crippen LogP contribution in [0.25, 0.3) is 0 Å². The maximum atomic E-state index is 10.3. The second-order valence-electron chi connectivity index (χ2n) is 4.71. The molecule has 0 bridgehead atoms. The molecular formula is C12H20N2OS2. The highest BCUT2D eigenvalue weighted by Crippen LogP contribution is 2.37. The Hall–Kier alpha value is -0.130. The lowest BCUT2D eigenvalue weighted by molar-refractivity contribution is 0.177. The summed E-state index contributed by atoms with van der Waals surface area (Å²) < 4.78 is 1.79. The van der Waals surface area contributed by atoms with Gasteiger partial charge in [-0.25, -0.2) is 0 Å². The van der Waals surface area contributed by atoms with E-state index in [4.69, 9.17) is 0 Å². The van der Waals surface area contributed by atoms with Crippen LogP contribution in [0.1, 0.15) is 19.4 Å². The van der Waals surface area contributed by atoms with Crippen LogP contribution in [0.15, 0.2) is 12.4 Å². The third-order valence-electron chi connectivity index (χ3n) is 3.21. The van der Waals surface area contributed by atoms with Gasteiger partial charge in [-0.1, -0.05) is 13.8 Å². The minimum atomic E-state index is -0.258. The lowest BCUT2D eigenvalue weighted by atomic mass is 10.1. The van der Waals surface area contributed by atoms with Gasteiger partial charge in [-0.3, -0.25) is 4.68 Å². The first kappa shape index (κ1) is 13.3. The Morgan fingerprint density at radius 2 is 2.29 bits per heavy atom. The van der Waals surface area contributed by atoms with Crippen LogP contribution >= 0.6 is 23.5 Å². The summed E-state index contributed by atoms with van der Waals surface area (Å²) in [5.74, 6) is 1.05. The van der Waals surface area contributed by atoms with Crippen molar-refractivity contribution in [2.45, 2.75) is 42.1 Å². The predicted octanol–water partition coefficient (Wildman–Crippen LogP) is 1.95. The normalized spacial score (nSPS) is 31.4. The maximum Gasteiger partial charge on any atom is 0.0708 e. The molecule has 3 nitrogen and oxygen atoms in total. The molecule has 0 aromatic carbocycles. The van der Waals surface area contributed by atoms with E-state index in [1.54, 1.807) is 4.68 Å². The molecule has 0 radical (unpaired) electrons. The zero-order chi connectivity index (χ0) is 12.4. The van der Waals surface area contributed by atoms with Crippen molar-refractivity contribution in [3.8, 4) is 0 Å². The molecule has 1 fully saturated rings. The van der Waals surface area contributed by atoms with E-state index in [0.717, 1.165) is 11.3 Å². The van der Waals surface area contributed by atoms with Gasteiger partial charge in [0, 0.05) is 41.2 Å². The summed E-state index contributed by atoms with van der Waals surface area (Å²) in [4.78, 5) is 0. The molecule has 96 valence electrons. The summed E-state index contributed by atoms with van der Waals surface area (Å²) in [6.45, 7) is 4.53. The molecule has 4 unspecified atom stereocenters. The van der Waals surface area contributed by atoms with Crippen LogP contribution in [0.5, 0.6) is 0 Å². The van der Waals surface area contributed by atoms with Gasteiger partial charge in [0.15, 0.2) is 0 Å². The molecule has 2 heterocycles. The molecule has 17 heavy (non-hydrogen) atoms. The predicted molar refractivity (Wildman–Crippen MR) is 75.7 cm³/mol. The van der Waals surface area contributed by atoms with Crippen molar-refractivity contribution in [1.82, 2.24) is 9.78 Å². The van der Waals surface area contributed by atoms with Crippen molar-refractivity contribution in [3.05, 3.63) is 18.0 Å². The van der Waals surface area contributed by atoms with E-state index < -0.39 is 0 Å². The summed E-state index contributed by atoms with van der Waals surface area (Å²) >= 11 is 3.91. The van der Waals surface area contributed by atoms with Crippen LogP contribution < -0.4 is 0 Å². The molecule has 0 aliphatic carbocycles. The first-order chi connectivity index (χ1) is 8.06. The van der Waals surface area contributed by atoms with Crippen molar-refractivity contribution >= 4 is 23.5 Å². The van der Waals surface area contributed by atoms with Crippen LogP contribution in [-0.2, 0) is 13.5 Å². The first-order valence-corrected chi connectivity index (χ1v) is 7.98. The second kappa shape index (κ2) is 5.67. The van der Waals surface area contributed by atoms with Crippen LogP contribution in [-0.4, -0.2) is 42.5 Å². The molecule has 1 saturated heterocycles. The minimum Gasteiger partial charge on any atom is -0.392 e. The molecule has 2 rings (SSSR count). The van der Waals surface area contributed by atoms with Crippen LogP contribution in [0.3, 0.4) is 0 Å². The highest BCUT2D eigenvalue weighted by molar-refractivity contribution is 8.07. The van der Waals surface area contributed by atoms with Crippen LogP contribution in [0.4, 0.5) is 0 Å². The zero-order valence-corrected chi connectivity index (χ0v) is 12.2. The molecule has 1 aromatic rings. The molecule has 1 aromatic heterocycles. The number of hydrogen-bond donors (Lipinski definition) is 1. The number of aryl methyl sites for hydroxylation is 1. The number of aromatic nitrogens is 2. The quantitative estimate of drug-likeness (QED) is 0.913. The standard InChI is InChI=1S/C12H20N2OS2/c1-8-9(2)17-12(7-16-8)11(15)4-10-5-13-14(3)6-10/h5-6,8-9,11-12,15H,4,7H2,1-3H3. The van der Waals surface area contributed by atoms with Gasteiger partial charge in [0.05, 0.1) is 12.3 Å². The van der Waals surface area contributed by atoms with E-state index in [-0.39, 0.29) is 6.10 Å².